The molecule has 0 aliphatic heterocycles. The standard InChI is InChI=1S/C28H38OP2Si/c1-4-32(5-2,6-3)29-22-23-30(26-16-10-7-11-17-26)24-25-31(27-18-12-8-13-19-27)28-20-14-9-15-21-28/h7-21H,4-6,22-25H2,1-3H3. The molecular weight excluding hydrogens is 442 g/mol. The summed E-state index contributed by atoms with van der Waals surface area (Å²) in [6.45, 7) is 7.90. The summed E-state index contributed by atoms with van der Waals surface area (Å²) >= 11 is 0. The number of benzene rings is 3. The molecule has 1 atom stereocenters. The third-order valence-electron chi connectivity index (χ3n) is 6.55. The summed E-state index contributed by atoms with van der Waals surface area (Å²) in [5.41, 5.74) is 0. The summed E-state index contributed by atoms with van der Waals surface area (Å²) in [5, 5.41) is 4.50. The first-order valence-electron chi connectivity index (χ1n) is 12.0. The van der Waals surface area contributed by atoms with E-state index in [1.807, 2.05) is 0 Å². The van der Waals surface area contributed by atoms with E-state index in [2.05, 4.69) is 112 Å². The Morgan fingerprint density at radius 2 is 1.00 bits per heavy atom. The zero-order chi connectivity index (χ0) is 22.7. The molecule has 0 radical (unpaired) electrons. The van der Waals surface area contributed by atoms with Crippen molar-refractivity contribution in [3.63, 3.8) is 0 Å². The van der Waals surface area contributed by atoms with E-state index in [0.29, 0.717) is 0 Å². The van der Waals surface area contributed by atoms with E-state index in [1.165, 1.54) is 52.5 Å². The third kappa shape index (κ3) is 7.10. The average molecular weight is 481 g/mol. The fourth-order valence-corrected chi connectivity index (χ4v) is 12.4. The first-order valence-corrected chi connectivity index (χ1v) is 17.8. The van der Waals surface area contributed by atoms with Crippen LogP contribution in [0.1, 0.15) is 20.8 Å². The Balaban J connectivity index is 1.75. The summed E-state index contributed by atoms with van der Waals surface area (Å²) in [7, 11) is -2.08. The van der Waals surface area contributed by atoms with Crippen molar-refractivity contribution < 1.29 is 4.43 Å². The Morgan fingerprint density at radius 1 is 0.562 bits per heavy atom. The van der Waals surface area contributed by atoms with Crippen molar-refractivity contribution in [2.24, 2.45) is 0 Å². The minimum atomic E-state index is -1.52. The molecule has 0 amide bonds. The first-order chi connectivity index (χ1) is 15.7. The molecule has 0 N–H and O–H groups in total. The van der Waals surface area contributed by atoms with Crippen molar-refractivity contribution in [1.29, 1.82) is 0 Å². The van der Waals surface area contributed by atoms with Crippen LogP contribution in [-0.2, 0) is 4.43 Å². The van der Waals surface area contributed by atoms with Gasteiger partial charge in [0.15, 0.2) is 8.32 Å². The highest BCUT2D eigenvalue weighted by molar-refractivity contribution is 7.74. The van der Waals surface area contributed by atoms with Crippen molar-refractivity contribution in [2.45, 2.75) is 38.9 Å². The Kier molecular flexibility index (Phi) is 10.6. The van der Waals surface area contributed by atoms with E-state index in [-0.39, 0.29) is 15.8 Å². The zero-order valence-electron chi connectivity index (χ0n) is 19.9. The van der Waals surface area contributed by atoms with Crippen molar-refractivity contribution in [3.05, 3.63) is 91.0 Å². The molecule has 0 heterocycles. The summed E-state index contributed by atoms with van der Waals surface area (Å²) in [5.74, 6) is 0. The summed E-state index contributed by atoms with van der Waals surface area (Å²) in [6, 6.07) is 37.2. The lowest BCUT2D eigenvalue weighted by Crippen LogP contribution is -2.36. The maximum atomic E-state index is 6.67. The van der Waals surface area contributed by atoms with Crippen LogP contribution in [0.2, 0.25) is 18.1 Å². The molecule has 3 aromatic rings. The monoisotopic (exact) mass is 480 g/mol. The molecule has 170 valence electrons. The highest BCUT2D eigenvalue weighted by atomic mass is 31.1. The third-order valence-corrected chi connectivity index (χ3v) is 16.6. The van der Waals surface area contributed by atoms with E-state index in [9.17, 15) is 0 Å². The molecule has 4 heteroatoms. The zero-order valence-corrected chi connectivity index (χ0v) is 22.7. The quantitative estimate of drug-likeness (QED) is 0.190. The predicted molar refractivity (Wildman–Crippen MR) is 150 cm³/mol. The second-order valence-electron chi connectivity index (χ2n) is 8.24. The molecule has 1 unspecified atom stereocenters. The number of rotatable bonds is 13. The topological polar surface area (TPSA) is 9.23 Å². The van der Waals surface area contributed by atoms with E-state index < -0.39 is 8.32 Å². The molecule has 0 saturated heterocycles. The van der Waals surface area contributed by atoms with Crippen LogP contribution in [-0.4, -0.2) is 33.4 Å². The molecule has 1 nitrogen and oxygen atoms in total. The fourth-order valence-electron chi connectivity index (χ4n) is 4.28. The minimum Gasteiger partial charge on any atom is -0.416 e. The van der Waals surface area contributed by atoms with Gasteiger partial charge in [-0.05, 0) is 60.5 Å². The van der Waals surface area contributed by atoms with Gasteiger partial charge in [0.05, 0.1) is 0 Å². The SMILES string of the molecule is CC[Si](CC)(CC)OCCP(CCP(c1ccccc1)c1ccccc1)c1ccccc1. The minimum absolute atomic E-state index is 0.224. The summed E-state index contributed by atoms with van der Waals surface area (Å²) in [4.78, 5) is 0. The van der Waals surface area contributed by atoms with Crippen LogP contribution in [0.15, 0.2) is 91.0 Å². The normalized spacial score (nSPS) is 12.8. The highest BCUT2D eigenvalue weighted by Gasteiger charge is 2.29. The smallest absolute Gasteiger partial charge is 0.191 e. The lowest BCUT2D eigenvalue weighted by atomic mass is 10.4. The molecule has 0 fully saturated rings. The van der Waals surface area contributed by atoms with Crippen LogP contribution in [0.25, 0.3) is 0 Å². The lowest BCUT2D eigenvalue weighted by molar-refractivity contribution is 0.324. The molecule has 0 aliphatic carbocycles. The summed E-state index contributed by atoms with van der Waals surface area (Å²) in [6.07, 6.45) is 3.68. The van der Waals surface area contributed by atoms with Gasteiger partial charge in [0.2, 0.25) is 0 Å². The molecule has 0 spiro atoms. The van der Waals surface area contributed by atoms with Gasteiger partial charge in [-0.3, -0.25) is 0 Å². The molecule has 32 heavy (non-hydrogen) atoms. The van der Waals surface area contributed by atoms with E-state index in [4.69, 9.17) is 4.43 Å². The maximum Gasteiger partial charge on any atom is 0.191 e. The highest BCUT2D eigenvalue weighted by Crippen LogP contribution is 2.41. The maximum absolute atomic E-state index is 6.67. The largest absolute Gasteiger partial charge is 0.416 e. The van der Waals surface area contributed by atoms with Gasteiger partial charge >= 0.3 is 0 Å². The molecular formula is C28H38OP2Si. The predicted octanol–water partition coefficient (Wildman–Crippen LogP) is 6.95. The Hall–Kier alpha value is -1.30. The second-order valence-corrected chi connectivity index (χ2v) is 17.8. The second kappa shape index (κ2) is 13.4. The van der Waals surface area contributed by atoms with Crippen molar-refractivity contribution in [3.8, 4) is 0 Å². The van der Waals surface area contributed by atoms with Gasteiger partial charge in [-0.15, -0.1) is 0 Å². The number of hydrogen-bond acceptors (Lipinski definition) is 1. The van der Waals surface area contributed by atoms with Crippen LogP contribution in [0, 0.1) is 0 Å². The van der Waals surface area contributed by atoms with E-state index in [1.54, 1.807) is 0 Å². The Morgan fingerprint density at radius 3 is 1.44 bits per heavy atom. The molecule has 0 aromatic heterocycles. The van der Waals surface area contributed by atoms with Crippen molar-refractivity contribution in [2.75, 3.05) is 25.1 Å². The van der Waals surface area contributed by atoms with Gasteiger partial charge in [0.25, 0.3) is 0 Å². The average Bonchev–Trinajstić information content (AvgIpc) is 2.88. The van der Waals surface area contributed by atoms with Crippen LogP contribution in [0.4, 0.5) is 0 Å². The molecule has 0 aliphatic rings. The fraction of sp³-hybridized carbons (Fsp3) is 0.357. The van der Waals surface area contributed by atoms with Crippen molar-refractivity contribution in [1.82, 2.24) is 0 Å². The van der Waals surface area contributed by atoms with Gasteiger partial charge < -0.3 is 4.43 Å². The van der Waals surface area contributed by atoms with Gasteiger partial charge in [-0.1, -0.05) is 120 Å². The van der Waals surface area contributed by atoms with E-state index in [0.717, 1.165) is 6.61 Å². The van der Waals surface area contributed by atoms with E-state index >= 15 is 0 Å². The molecule has 3 rings (SSSR count). The van der Waals surface area contributed by atoms with Crippen LogP contribution >= 0.6 is 15.8 Å². The van der Waals surface area contributed by atoms with Gasteiger partial charge in [0.1, 0.15) is 0 Å². The van der Waals surface area contributed by atoms with Gasteiger partial charge in [0, 0.05) is 6.61 Å². The Labute approximate surface area is 199 Å². The van der Waals surface area contributed by atoms with Crippen molar-refractivity contribution >= 4 is 40.1 Å². The Bertz CT molecular complexity index is 837. The van der Waals surface area contributed by atoms with Gasteiger partial charge in [-0.25, -0.2) is 0 Å². The molecule has 0 saturated carbocycles. The molecule has 3 aromatic carbocycles. The first kappa shape index (κ1) is 25.3. The van der Waals surface area contributed by atoms with Crippen LogP contribution in [0.5, 0.6) is 0 Å². The number of hydrogen-bond donors (Lipinski definition) is 0. The van der Waals surface area contributed by atoms with Gasteiger partial charge in [-0.2, -0.15) is 0 Å². The summed E-state index contributed by atoms with van der Waals surface area (Å²) < 4.78 is 6.67. The van der Waals surface area contributed by atoms with Crippen LogP contribution < -0.4 is 15.9 Å². The lowest BCUT2D eigenvalue weighted by Gasteiger charge is -2.29. The van der Waals surface area contributed by atoms with Crippen LogP contribution in [0.3, 0.4) is 0 Å². The molecule has 0 bridgehead atoms.